The maximum atomic E-state index is 12.0. The van der Waals surface area contributed by atoms with E-state index < -0.39 is 0 Å². The van der Waals surface area contributed by atoms with Crippen LogP contribution < -0.4 is 11.1 Å². The minimum atomic E-state index is -0.0621. The van der Waals surface area contributed by atoms with Crippen LogP contribution in [-0.2, 0) is 11.2 Å². The fourth-order valence-electron chi connectivity index (χ4n) is 2.71. The summed E-state index contributed by atoms with van der Waals surface area (Å²) in [5.41, 5.74) is 8.13. The zero-order chi connectivity index (χ0) is 13.9. The minimum Gasteiger partial charge on any atom is -0.361 e. The van der Waals surface area contributed by atoms with Gasteiger partial charge in [-0.2, -0.15) is 0 Å². The van der Waals surface area contributed by atoms with Gasteiger partial charge in [-0.25, -0.2) is 0 Å². The van der Waals surface area contributed by atoms with Gasteiger partial charge in [-0.15, -0.1) is 0 Å². The molecule has 0 fully saturated rings. The van der Waals surface area contributed by atoms with Gasteiger partial charge in [0.15, 0.2) is 0 Å². The van der Waals surface area contributed by atoms with E-state index in [1.807, 2.05) is 30.5 Å². The van der Waals surface area contributed by atoms with Gasteiger partial charge in [0.05, 0.1) is 5.92 Å². The van der Waals surface area contributed by atoms with Gasteiger partial charge in [-0.1, -0.05) is 30.4 Å². The molecule has 1 aliphatic rings. The van der Waals surface area contributed by atoms with Crippen molar-refractivity contribution < 1.29 is 4.79 Å². The van der Waals surface area contributed by atoms with Crippen molar-refractivity contribution in [2.75, 3.05) is 6.54 Å². The fraction of sp³-hybridized carbons (Fsp3) is 0.312. The zero-order valence-corrected chi connectivity index (χ0v) is 11.3. The Morgan fingerprint density at radius 3 is 3.00 bits per heavy atom. The highest BCUT2D eigenvalue weighted by Gasteiger charge is 2.22. The third-order valence-electron chi connectivity index (χ3n) is 3.82. The summed E-state index contributed by atoms with van der Waals surface area (Å²) in [5.74, 6) is 0.0158. The molecule has 2 unspecified atom stereocenters. The fourth-order valence-corrected chi connectivity index (χ4v) is 2.71. The Morgan fingerprint density at radius 2 is 2.20 bits per heavy atom. The predicted octanol–water partition coefficient (Wildman–Crippen LogP) is 1.73. The van der Waals surface area contributed by atoms with Crippen molar-refractivity contribution in [3.05, 3.63) is 48.2 Å². The Hall–Kier alpha value is -2.07. The van der Waals surface area contributed by atoms with E-state index in [2.05, 4.69) is 22.4 Å². The van der Waals surface area contributed by atoms with Gasteiger partial charge in [-0.3, -0.25) is 4.79 Å². The molecule has 20 heavy (non-hydrogen) atoms. The van der Waals surface area contributed by atoms with Crippen LogP contribution in [-0.4, -0.2) is 23.5 Å². The number of nitrogens with two attached hydrogens (primary N) is 1. The highest BCUT2D eigenvalue weighted by molar-refractivity contribution is 5.83. The van der Waals surface area contributed by atoms with Gasteiger partial charge in [0.25, 0.3) is 0 Å². The molecule has 0 spiro atoms. The third kappa shape index (κ3) is 2.60. The Bertz CT molecular complexity index is 644. The van der Waals surface area contributed by atoms with Gasteiger partial charge in [0.1, 0.15) is 0 Å². The summed E-state index contributed by atoms with van der Waals surface area (Å²) >= 11 is 0. The molecule has 1 aromatic carbocycles. The molecule has 1 amide bonds. The lowest BCUT2D eigenvalue weighted by molar-refractivity contribution is -0.123. The van der Waals surface area contributed by atoms with E-state index in [1.165, 1.54) is 10.9 Å². The molecule has 0 radical (unpaired) electrons. The molecular weight excluding hydrogens is 250 g/mol. The van der Waals surface area contributed by atoms with Crippen LogP contribution in [0.25, 0.3) is 10.9 Å². The maximum absolute atomic E-state index is 12.0. The number of nitrogens with one attached hydrogen (secondary N) is 2. The van der Waals surface area contributed by atoms with Crippen LogP contribution in [0.15, 0.2) is 42.6 Å². The molecule has 1 aliphatic carbocycles. The first-order chi connectivity index (χ1) is 9.74. The first kappa shape index (κ1) is 12.9. The van der Waals surface area contributed by atoms with E-state index in [4.69, 9.17) is 5.73 Å². The molecule has 2 atom stereocenters. The number of carbonyl (C=O) groups is 1. The minimum absolute atomic E-state index is 0.0272. The molecule has 2 aromatic rings. The second kappa shape index (κ2) is 5.51. The summed E-state index contributed by atoms with van der Waals surface area (Å²) in [4.78, 5) is 15.2. The first-order valence-electron chi connectivity index (χ1n) is 7.00. The normalized spacial score (nSPS) is 21.4. The van der Waals surface area contributed by atoms with Crippen molar-refractivity contribution >= 4 is 16.8 Å². The molecule has 0 saturated carbocycles. The van der Waals surface area contributed by atoms with E-state index in [0.29, 0.717) is 6.54 Å². The van der Waals surface area contributed by atoms with Crippen molar-refractivity contribution in [3.8, 4) is 0 Å². The van der Waals surface area contributed by atoms with E-state index >= 15 is 0 Å². The summed E-state index contributed by atoms with van der Waals surface area (Å²) in [6.07, 6.45) is 7.38. The predicted molar refractivity (Wildman–Crippen MR) is 80.2 cm³/mol. The van der Waals surface area contributed by atoms with Gasteiger partial charge >= 0.3 is 0 Å². The summed E-state index contributed by atoms with van der Waals surface area (Å²) in [7, 11) is 0. The summed E-state index contributed by atoms with van der Waals surface area (Å²) in [6, 6.07) is 8.23. The maximum Gasteiger partial charge on any atom is 0.227 e. The van der Waals surface area contributed by atoms with Crippen LogP contribution in [0.1, 0.15) is 12.0 Å². The standard InChI is InChI=1S/C16H19N3O/c17-13-6-5-11(9-13)16(20)18-8-7-12-10-19-15-4-2-1-3-14(12)15/h1-6,10-11,13,19H,7-9,17H2,(H,18,20). The molecule has 0 aliphatic heterocycles. The van der Waals surface area contributed by atoms with Gasteiger partial charge in [-0.05, 0) is 24.5 Å². The first-order valence-corrected chi connectivity index (χ1v) is 7.00. The van der Waals surface area contributed by atoms with Crippen molar-refractivity contribution in [2.45, 2.75) is 18.9 Å². The molecule has 3 rings (SSSR count). The number of para-hydroxylation sites is 1. The lowest BCUT2D eigenvalue weighted by Crippen LogP contribution is -2.32. The monoisotopic (exact) mass is 269 g/mol. The average molecular weight is 269 g/mol. The topological polar surface area (TPSA) is 70.9 Å². The van der Waals surface area contributed by atoms with Crippen LogP contribution >= 0.6 is 0 Å². The molecule has 4 nitrogen and oxygen atoms in total. The molecule has 0 saturated heterocycles. The van der Waals surface area contributed by atoms with Crippen LogP contribution in [0.3, 0.4) is 0 Å². The lowest BCUT2D eigenvalue weighted by atomic mass is 10.1. The van der Waals surface area contributed by atoms with Crippen molar-refractivity contribution in [2.24, 2.45) is 11.7 Å². The lowest BCUT2D eigenvalue weighted by Gasteiger charge is -2.10. The molecule has 4 heteroatoms. The van der Waals surface area contributed by atoms with Crippen LogP contribution in [0.4, 0.5) is 0 Å². The number of hydrogen-bond donors (Lipinski definition) is 3. The second-order valence-corrected chi connectivity index (χ2v) is 5.29. The largest absolute Gasteiger partial charge is 0.361 e. The number of carbonyl (C=O) groups excluding carboxylic acids is 1. The highest BCUT2D eigenvalue weighted by Crippen LogP contribution is 2.18. The summed E-state index contributed by atoms with van der Waals surface area (Å²) < 4.78 is 0. The Morgan fingerprint density at radius 1 is 1.35 bits per heavy atom. The number of benzene rings is 1. The molecule has 4 N–H and O–H groups in total. The Balaban J connectivity index is 1.55. The second-order valence-electron chi connectivity index (χ2n) is 5.29. The molecule has 104 valence electrons. The number of rotatable bonds is 4. The Kier molecular flexibility index (Phi) is 3.56. The molecule has 0 bridgehead atoms. The van der Waals surface area contributed by atoms with Crippen molar-refractivity contribution in [3.63, 3.8) is 0 Å². The van der Waals surface area contributed by atoms with Crippen molar-refractivity contribution in [1.29, 1.82) is 0 Å². The van der Waals surface area contributed by atoms with Gasteiger partial charge in [0.2, 0.25) is 5.91 Å². The number of aromatic nitrogens is 1. The third-order valence-corrected chi connectivity index (χ3v) is 3.82. The quantitative estimate of drug-likeness (QED) is 0.740. The SMILES string of the molecule is NC1C=CC(C(=O)NCCc2c[nH]c3ccccc23)C1. The van der Waals surface area contributed by atoms with Gasteiger partial charge in [0, 0.05) is 29.7 Å². The van der Waals surface area contributed by atoms with Crippen LogP contribution in [0.2, 0.25) is 0 Å². The summed E-state index contributed by atoms with van der Waals surface area (Å²) in [6.45, 7) is 0.653. The van der Waals surface area contributed by atoms with E-state index in [9.17, 15) is 4.79 Å². The Labute approximate surface area is 118 Å². The van der Waals surface area contributed by atoms with E-state index in [0.717, 1.165) is 18.4 Å². The number of H-pyrrole nitrogens is 1. The zero-order valence-electron chi connectivity index (χ0n) is 11.3. The smallest absolute Gasteiger partial charge is 0.227 e. The highest BCUT2D eigenvalue weighted by atomic mass is 16.1. The number of fused-ring (bicyclic) bond motifs is 1. The van der Waals surface area contributed by atoms with Crippen LogP contribution in [0, 0.1) is 5.92 Å². The van der Waals surface area contributed by atoms with Crippen molar-refractivity contribution in [1.82, 2.24) is 10.3 Å². The number of aromatic amines is 1. The average Bonchev–Trinajstić information content (AvgIpc) is 3.06. The number of amides is 1. The van der Waals surface area contributed by atoms with E-state index in [-0.39, 0.29) is 17.9 Å². The molecule has 1 heterocycles. The summed E-state index contributed by atoms with van der Waals surface area (Å²) in [5, 5.41) is 4.21. The van der Waals surface area contributed by atoms with E-state index in [1.54, 1.807) is 0 Å². The number of hydrogen-bond acceptors (Lipinski definition) is 2. The van der Waals surface area contributed by atoms with Crippen LogP contribution in [0.5, 0.6) is 0 Å². The molecule has 1 aromatic heterocycles. The van der Waals surface area contributed by atoms with Gasteiger partial charge < -0.3 is 16.0 Å². The molecular formula is C16H19N3O.